The summed E-state index contributed by atoms with van der Waals surface area (Å²) in [7, 11) is 0. The number of fused-ring (bicyclic) bond motifs is 1. The first-order chi connectivity index (χ1) is 8.91. The molecule has 0 fully saturated rings. The van der Waals surface area contributed by atoms with Crippen LogP contribution in [-0.2, 0) is 22.1 Å². The number of ether oxygens (including phenoxy) is 1. The maximum Gasteiger partial charge on any atom is 0.416 e. The molecule has 19 heavy (non-hydrogen) atoms. The van der Waals surface area contributed by atoms with Crippen LogP contribution in [0.1, 0.15) is 18.1 Å². The lowest BCUT2D eigenvalue weighted by Crippen LogP contribution is -2.31. The third-order valence-electron chi connectivity index (χ3n) is 3.06. The Morgan fingerprint density at radius 1 is 1.47 bits per heavy atom. The van der Waals surface area contributed by atoms with E-state index in [1.165, 1.54) is 6.07 Å². The van der Waals surface area contributed by atoms with E-state index in [4.69, 9.17) is 4.74 Å². The quantitative estimate of drug-likeness (QED) is 0.842. The Morgan fingerprint density at radius 2 is 2.21 bits per heavy atom. The van der Waals surface area contributed by atoms with E-state index < -0.39 is 11.7 Å². The molecule has 0 aliphatic carbocycles. The van der Waals surface area contributed by atoms with E-state index in [2.05, 4.69) is 5.32 Å². The number of esters is 1. The van der Waals surface area contributed by atoms with Crippen LogP contribution in [0.25, 0.3) is 0 Å². The second kappa shape index (κ2) is 5.11. The van der Waals surface area contributed by atoms with Crippen molar-refractivity contribution in [2.24, 2.45) is 5.92 Å². The zero-order valence-corrected chi connectivity index (χ0v) is 10.4. The summed E-state index contributed by atoms with van der Waals surface area (Å²) in [6.45, 7) is 2.32. The summed E-state index contributed by atoms with van der Waals surface area (Å²) in [5.74, 6) is -0.662. The first-order valence-electron chi connectivity index (χ1n) is 6.02. The number of benzene rings is 1. The van der Waals surface area contributed by atoms with Crippen molar-refractivity contribution >= 4 is 11.7 Å². The van der Waals surface area contributed by atoms with Crippen molar-refractivity contribution in [3.63, 3.8) is 0 Å². The van der Waals surface area contributed by atoms with E-state index in [-0.39, 0.29) is 11.9 Å². The molecule has 1 aliphatic heterocycles. The van der Waals surface area contributed by atoms with Crippen LogP contribution in [0.15, 0.2) is 18.2 Å². The van der Waals surface area contributed by atoms with Gasteiger partial charge in [-0.3, -0.25) is 4.79 Å². The summed E-state index contributed by atoms with van der Waals surface area (Å²) in [5.41, 5.74) is 0.459. The minimum absolute atomic E-state index is 0.299. The standard InChI is InChI=1S/C13H14F3NO2/c1-2-19-12(18)9-5-8-3-4-10(13(14,15)16)6-11(8)17-7-9/h3-4,6,9,17H,2,5,7H2,1H3. The van der Waals surface area contributed by atoms with Gasteiger partial charge in [-0.1, -0.05) is 6.07 Å². The zero-order chi connectivity index (χ0) is 14.0. The van der Waals surface area contributed by atoms with Crippen molar-refractivity contribution in [3.05, 3.63) is 29.3 Å². The number of rotatable bonds is 2. The fraction of sp³-hybridized carbons (Fsp3) is 0.462. The molecular formula is C13H14F3NO2. The number of hydrogen-bond donors (Lipinski definition) is 1. The zero-order valence-electron chi connectivity index (χ0n) is 10.4. The van der Waals surface area contributed by atoms with E-state index in [0.29, 0.717) is 30.8 Å². The molecule has 0 radical (unpaired) electrons. The van der Waals surface area contributed by atoms with Crippen molar-refractivity contribution in [1.82, 2.24) is 0 Å². The van der Waals surface area contributed by atoms with E-state index in [1.807, 2.05) is 0 Å². The molecule has 3 nitrogen and oxygen atoms in total. The Morgan fingerprint density at radius 3 is 2.84 bits per heavy atom. The lowest BCUT2D eigenvalue weighted by molar-refractivity contribution is -0.147. The summed E-state index contributed by atoms with van der Waals surface area (Å²) in [5, 5.41) is 2.86. The number of carbonyl (C=O) groups excluding carboxylic acids is 1. The number of nitrogens with one attached hydrogen (secondary N) is 1. The van der Waals surface area contributed by atoms with Gasteiger partial charge >= 0.3 is 12.1 Å². The maximum absolute atomic E-state index is 12.6. The van der Waals surface area contributed by atoms with Crippen LogP contribution in [0.2, 0.25) is 0 Å². The normalized spacial score (nSPS) is 18.4. The van der Waals surface area contributed by atoms with Crippen LogP contribution in [0.4, 0.5) is 18.9 Å². The molecule has 0 spiro atoms. The minimum atomic E-state index is -4.35. The molecule has 0 saturated heterocycles. The van der Waals surface area contributed by atoms with Crippen LogP contribution >= 0.6 is 0 Å². The smallest absolute Gasteiger partial charge is 0.416 e. The van der Waals surface area contributed by atoms with Gasteiger partial charge in [0.25, 0.3) is 0 Å². The van der Waals surface area contributed by atoms with E-state index in [0.717, 1.165) is 12.1 Å². The highest BCUT2D eigenvalue weighted by Gasteiger charge is 2.32. The van der Waals surface area contributed by atoms with Gasteiger partial charge in [0.15, 0.2) is 0 Å². The fourth-order valence-corrected chi connectivity index (χ4v) is 2.09. The largest absolute Gasteiger partial charge is 0.466 e. The first-order valence-corrected chi connectivity index (χ1v) is 6.02. The maximum atomic E-state index is 12.6. The SMILES string of the molecule is CCOC(=O)C1CNc2cc(C(F)(F)F)ccc2C1. The highest BCUT2D eigenvalue weighted by Crippen LogP contribution is 2.34. The number of carbonyl (C=O) groups is 1. The molecule has 6 heteroatoms. The van der Waals surface area contributed by atoms with Crippen LogP contribution < -0.4 is 5.32 Å². The summed E-state index contributed by atoms with van der Waals surface area (Å²) >= 11 is 0. The van der Waals surface area contributed by atoms with Gasteiger partial charge in [0, 0.05) is 12.2 Å². The highest BCUT2D eigenvalue weighted by atomic mass is 19.4. The molecule has 1 aromatic rings. The minimum Gasteiger partial charge on any atom is -0.466 e. The summed E-state index contributed by atoms with van der Waals surface area (Å²) in [6.07, 6.45) is -3.95. The molecule has 1 aliphatic rings. The van der Waals surface area contributed by atoms with E-state index >= 15 is 0 Å². The third-order valence-corrected chi connectivity index (χ3v) is 3.06. The first kappa shape index (κ1) is 13.7. The van der Waals surface area contributed by atoms with Crippen molar-refractivity contribution in [1.29, 1.82) is 0 Å². The van der Waals surface area contributed by atoms with Gasteiger partial charge in [-0.05, 0) is 31.0 Å². The Bertz CT molecular complexity index is 485. The van der Waals surface area contributed by atoms with Gasteiger partial charge in [-0.25, -0.2) is 0 Å². The molecule has 0 aromatic heterocycles. The van der Waals surface area contributed by atoms with E-state index in [1.54, 1.807) is 6.92 Å². The van der Waals surface area contributed by atoms with Crippen LogP contribution in [-0.4, -0.2) is 19.1 Å². The van der Waals surface area contributed by atoms with Crippen molar-refractivity contribution in [2.45, 2.75) is 19.5 Å². The molecule has 0 saturated carbocycles. The summed E-state index contributed by atoms with van der Waals surface area (Å²) in [4.78, 5) is 11.6. The second-order valence-corrected chi connectivity index (χ2v) is 4.40. The average Bonchev–Trinajstić information content (AvgIpc) is 2.36. The fourth-order valence-electron chi connectivity index (χ4n) is 2.09. The Kier molecular flexibility index (Phi) is 3.68. The molecule has 1 aromatic carbocycles. The highest BCUT2D eigenvalue weighted by molar-refractivity contribution is 5.75. The predicted octanol–water partition coefficient (Wildman–Crippen LogP) is 2.85. The number of halogens is 3. The van der Waals surface area contributed by atoms with Crippen LogP contribution in [0, 0.1) is 5.92 Å². The summed E-state index contributed by atoms with van der Waals surface area (Å²) < 4.78 is 42.6. The molecule has 2 rings (SSSR count). The second-order valence-electron chi connectivity index (χ2n) is 4.40. The summed E-state index contributed by atoms with van der Waals surface area (Å²) in [6, 6.07) is 3.53. The lowest BCUT2D eigenvalue weighted by atomic mass is 9.93. The van der Waals surface area contributed by atoms with Gasteiger partial charge in [0.1, 0.15) is 0 Å². The van der Waals surface area contributed by atoms with Gasteiger partial charge < -0.3 is 10.1 Å². The Hall–Kier alpha value is -1.72. The number of alkyl halides is 3. The number of hydrogen-bond acceptors (Lipinski definition) is 3. The molecule has 1 heterocycles. The molecule has 1 unspecified atom stereocenters. The molecule has 1 atom stereocenters. The lowest BCUT2D eigenvalue weighted by Gasteiger charge is -2.25. The van der Waals surface area contributed by atoms with Crippen molar-refractivity contribution < 1.29 is 22.7 Å². The molecule has 0 amide bonds. The Balaban J connectivity index is 2.17. The average molecular weight is 273 g/mol. The van der Waals surface area contributed by atoms with Crippen molar-refractivity contribution in [3.8, 4) is 0 Å². The molecule has 0 bridgehead atoms. The predicted molar refractivity (Wildman–Crippen MR) is 63.8 cm³/mol. The van der Waals surface area contributed by atoms with Gasteiger partial charge in [0.2, 0.25) is 0 Å². The Labute approximate surface area is 108 Å². The van der Waals surface area contributed by atoms with Gasteiger partial charge in [0.05, 0.1) is 18.1 Å². The van der Waals surface area contributed by atoms with Crippen LogP contribution in [0.3, 0.4) is 0 Å². The van der Waals surface area contributed by atoms with E-state index in [9.17, 15) is 18.0 Å². The third kappa shape index (κ3) is 3.00. The topological polar surface area (TPSA) is 38.3 Å². The van der Waals surface area contributed by atoms with Crippen LogP contribution in [0.5, 0.6) is 0 Å². The monoisotopic (exact) mass is 273 g/mol. The number of anilines is 1. The molecule has 1 N–H and O–H groups in total. The molecule has 104 valence electrons. The van der Waals surface area contributed by atoms with Gasteiger partial charge in [-0.2, -0.15) is 13.2 Å². The van der Waals surface area contributed by atoms with Gasteiger partial charge in [-0.15, -0.1) is 0 Å². The molecular weight excluding hydrogens is 259 g/mol. The van der Waals surface area contributed by atoms with Crippen molar-refractivity contribution in [2.75, 3.05) is 18.5 Å².